The van der Waals surface area contributed by atoms with Gasteiger partial charge in [0, 0.05) is 16.6 Å². The lowest BCUT2D eigenvalue weighted by Gasteiger charge is -2.18. The van der Waals surface area contributed by atoms with Gasteiger partial charge in [-0.15, -0.1) is 0 Å². The molecule has 1 aromatic carbocycles. The normalized spacial score (nSPS) is 12.8. The predicted molar refractivity (Wildman–Crippen MR) is 71.3 cm³/mol. The van der Waals surface area contributed by atoms with Crippen LogP contribution in [0.5, 0.6) is 0 Å². The van der Waals surface area contributed by atoms with E-state index >= 15 is 0 Å². The SMILES string of the molecule is COC(=O)c1ccc(CS(=O)C(C)(C)C(=O)O)cc1. The molecule has 104 valence electrons. The summed E-state index contributed by atoms with van der Waals surface area (Å²) in [5.41, 5.74) is 1.11. The Balaban J connectivity index is 2.82. The summed E-state index contributed by atoms with van der Waals surface area (Å²) in [6, 6.07) is 6.41. The van der Waals surface area contributed by atoms with E-state index in [2.05, 4.69) is 4.74 Å². The Hall–Kier alpha value is -1.69. The van der Waals surface area contributed by atoms with Crippen molar-refractivity contribution < 1.29 is 23.6 Å². The van der Waals surface area contributed by atoms with Crippen LogP contribution in [-0.2, 0) is 26.1 Å². The minimum atomic E-state index is -1.55. The fourth-order valence-electron chi connectivity index (χ4n) is 1.28. The van der Waals surface area contributed by atoms with E-state index in [1.165, 1.54) is 21.0 Å². The Kier molecular flexibility index (Phi) is 4.83. The third-order valence-corrected chi connectivity index (χ3v) is 4.67. The van der Waals surface area contributed by atoms with Gasteiger partial charge < -0.3 is 9.84 Å². The second-order valence-electron chi connectivity index (χ2n) is 4.49. The van der Waals surface area contributed by atoms with E-state index in [1.54, 1.807) is 24.3 Å². The van der Waals surface area contributed by atoms with Crippen molar-refractivity contribution in [3.8, 4) is 0 Å². The molecule has 19 heavy (non-hydrogen) atoms. The number of methoxy groups -OCH3 is 1. The quantitative estimate of drug-likeness (QED) is 0.830. The maximum Gasteiger partial charge on any atom is 0.337 e. The average molecular weight is 284 g/mol. The highest BCUT2D eigenvalue weighted by atomic mass is 32.2. The summed E-state index contributed by atoms with van der Waals surface area (Å²) in [7, 11) is -0.254. The van der Waals surface area contributed by atoms with Gasteiger partial charge in [-0.1, -0.05) is 12.1 Å². The van der Waals surface area contributed by atoms with Crippen LogP contribution in [0.25, 0.3) is 0 Å². The number of benzene rings is 1. The highest BCUT2D eigenvalue weighted by Gasteiger charge is 2.34. The Morgan fingerprint density at radius 2 is 1.79 bits per heavy atom. The molecule has 1 aromatic rings. The van der Waals surface area contributed by atoms with Crippen LogP contribution in [0.15, 0.2) is 24.3 Å². The Labute approximate surface area is 114 Å². The lowest BCUT2D eigenvalue weighted by atomic mass is 10.1. The summed E-state index contributed by atoms with van der Waals surface area (Å²) in [5.74, 6) is -1.42. The molecule has 0 saturated carbocycles. The molecule has 1 N–H and O–H groups in total. The Morgan fingerprint density at radius 1 is 1.26 bits per heavy atom. The van der Waals surface area contributed by atoms with E-state index in [9.17, 15) is 13.8 Å². The van der Waals surface area contributed by atoms with E-state index in [4.69, 9.17) is 5.11 Å². The van der Waals surface area contributed by atoms with E-state index in [0.29, 0.717) is 11.1 Å². The van der Waals surface area contributed by atoms with Gasteiger partial charge in [0.05, 0.1) is 12.7 Å². The predicted octanol–water partition coefficient (Wildman–Crippen LogP) is 1.59. The summed E-state index contributed by atoms with van der Waals surface area (Å²) in [4.78, 5) is 22.2. The second-order valence-corrected chi connectivity index (χ2v) is 6.49. The number of carboxylic acid groups (broad SMARTS) is 1. The molecular weight excluding hydrogens is 268 g/mol. The van der Waals surface area contributed by atoms with Crippen LogP contribution in [0.3, 0.4) is 0 Å². The van der Waals surface area contributed by atoms with Crippen LogP contribution in [0, 0.1) is 0 Å². The number of esters is 1. The third-order valence-electron chi connectivity index (χ3n) is 2.76. The first-order valence-electron chi connectivity index (χ1n) is 5.58. The maximum atomic E-state index is 12.0. The fraction of sp³-hybridized carbons (Fsp3) is 0.385. The van der Waals surface area contributed by atoms with Crippen LogP contribution < -0.4 is 0 Å². The summed E-state index contributed by atoms with van der Waals surface area (Å²) in [6.07, 6.45) is 0. The number of ether oxygens (including phenoxy) is 1. The molecule has 0 saturated heterocycles. The summed E-state index contributed by atoms with van der Waals surface area (Å²) >= 11 is 0. The molecule has 5 nitrogen and oxygen atoms in total. The topological polar surface area (TPSA) is 80.7 Å². The number of carbonyl (C=O) groups excluding carboxylic acids is 1. The number of aliphatic carboxylic acids is 1. The van der Waals surface area contributed by atoms with E-state index < -0.39 is 27.5 Å². The van der Waals surface area contributed by atoms with Gasteiger partial charge in [-0.25, -0.2) is 4.79 Å². The molecule has 0 fully saturated rings. The van der Waals surface area contributed by atoms with Gasteiger partial charge in [0.1, 0.15) is 4.75 Å². The zero-order valence-electron chi connectivity index (χ0n) is 11.0. The van der Waals surface area contributed by atoms with Crippen LogP contribution >= 0.6 is 0 Å². The fourth-order valence-corrected chi connectivity index (χ4v) is 2.33. The minimum absolute atomic E-state index is 0.126. The second kappa shape index (κ2) is 5.97. The average Bonchev–Trinajstić information content (AvgIpc) is 2.38. The molecule has 0 aliphatic heterocycles. The molecule has 0 radical (unpaired) electrons. The molecule has 0 spiro atoms. The van der Waals surface area contributed by atoms with Gasteiger partial charge in [0.2, 0.25) is 0 Å². The largest absolute Gasteiger partial charge is 0.480 e. The lowest BCUT2D eigenvalue weighted by Crippen LogP contribution is -2.37. The Morgan fingerprint density at radius 3 is 2.21 bits per heavy atom. The molecule has 0 amide bonds. The summed E-state index contributed by atoms with van der Waals surface area (Å²) in [6.45, 7) is 2.85. The van der Waals surface area contributed by atoms with Crippen molar-refractivity contribution >= 4 is 22.7 Å². The number of rotatable bonds is 5. The van der Waals surface area contributed by atoms with Gasteiger partial charge in [-0.3, -0.25) is 9.00 Å². The van der Waals surface area contributed by atoms with Crippen molar-refractivity contribution in [1.29, 1.82) is 0 Å². The van der Waals surface area contributed by atoms with Crippen molar-refractivity contribution in [2.24, 2.45) is 0 Å². The van der Waals surface area contributed by atoms with E-state index in [-0.39, 0.29) is 5.75 Å². The van der Waals surface area contributed by atoms with Crippen molar-refractivity contribution in [3.63, 3.8) is 0 Å². The zero-order valence-corrected chi connectivity index (χ0v) is 11.8. The summed E-state index contributed by atoms with van der Waals surface area (Å²) < 4.78 is 15.3. The molecule has 0 aliphatic carbocycles. The lowest BCUT2D eigenvalue weighted by molar-refractivity contribution is -0.139. The minimum Gasteiger partial charge on any atom is -0.480 e. The molecule has 0 heterocycles. The van der Waals surface area contributed by atoms with Gasteiger partial charge in [0.15, 0.2) is 0 Å². The van der Waals surface area contributed by atoms with Gasteiger partial charge in [-0.05, 0) is 31.5 Å². The standard InChI is InChI=1S/C13H16O5S/c1-13(2,12(15)16)19(17)8-9-4-6-10(7-5-9)11(14)18-3/h4-7H,8H2,1-3H3,(H,15,16). The number of carbonyl (C=O) groups is 2. The Bertz CT molecular complexity index is 504. The number of hydrogen-bond donors (Lipinski definition) is 1. The zero-order chi connectivity index (χ0) is 14.6. The molecule has 6 heteroatoms. The highest BCUT2D eigenvalue weighted by Crippen LogP contribution is 2.18. The van der Waals surface area contributed by atoms with Crippen molar-refractivity contribution in [3.05, 3.63) is 35.4 Å². The highest BCUT2D eigenvalue weighted by molar-refractivity contribution is 7.86. The van der Waals surface area contributed by atoms with Gasteiger partial charge in [0.25, 0.3) is 0 Å². The first kappa shape index (κ1) is 15.4. The van der Waals surface area contributed by atoms with Crippen molar-refractivity contribution in [2.75, 3.05) is 7.11 Å². The van der Waals surface area contributed by atoms with Crippen LogP contribution in [0.4, 0.5) is 0 Å². The van der Waals surface area contributed by atoms with E-state index in [0.717, 1.165) is 0 Å². The third kappa shape index (κ3) is 3.64. The number of hydrogen-bond acceptors (Lipinski definition) is 4. The number of carboxylic acids is 1. The molecule has 0 bridgehead atoms. The van der Waals surface area contributed by atoms with Crippen molar-refractivity contribution in [2.45, 2.75) is 24.3 Å². The monoisotopic (exact) mass is 284 g/mol. The maximum absolute atomic E-state index is 12.0. The molecule has 1 unspecified atom stereocenters. The molecular formula is C13H16O5S. The van der Waals surface area contributed by atoms with Gasteiger partial charge in [-0.2, -0.15) is 0 Å². The van der Waals surface area contributed by atoms with E-state index in [1.807, 2.05) is 0 Å². The molecule has 1 atom stereocenters. The molecule has 0 aromatic heterocycles. The van der Waals surface area contributed by atoms with Gasteiger partial charge >= 0.3 is 11.9 Å². The van der Waals surface area contributed by atoms with Crippen LogP contribution in [0.1, 0.15) is 29.8 Å². The smallest absolute Gasteiger partial charge is 0.337 e. The van der Waals surface area contributed by atoms with Crippen molar-refractivity contribution in [1.82, 2.24) is 0 Å². The van der Waals surface area contributed by atoms with Crippen LogP contribution in [0.2, 0.25) is 0 Å². The molecule has 0 aliphatic rings. The summed E-state index contributed by atoms with van der Waals surface area (Å²) in [5, 5.41) is 8.98. The first-order valence-corrected chi connectivity index (χ1v) is 6.90. The molecule has 1 rings (SSSR count). The first-order chi connectivity index (χ1) is 8.78. The van der Waals surface area contributed by atoms with Crippen LogP contribution in [-0.4, -0.2) is 33.1 Å².